The van der Waals surface area contributed by atoms with Gasteiger partial charge in [0, 0.05) is 0 Å². The lowest BCUT2D eigenvalue weighted by atomic mass is 10.0. The molecular formula is C19H35ClO. The quantitative estimate of drug-likeness (QED) is 0.167. The van der Waals surface area contributed by atoms with E-state index in [1.54, 1.807) is 0 Å². The smallest absolute Gasteiger partial charge is 0.244 e. The number of halogens is 1. The Morgan fingerprint density at radius 1 is 0.714 bits per heavy atom. The molecule has 2 heteroatoms. The van der Waals surface area contributed by atoms with Gasteiger partial charge < -0.3 is 0 Å². The van der Waals surface area contributed by atoms with Gasteiger partial charge in [-0.3, -0.25) is 4.79 Å². The summed E-state index contributed by atoms with van der Waals surface area (Å²) in [6.45, 7) is 2.28. The third kappa shape index (κ3) is 19.7. The maximum atomic E-state index is 10.5. The van der Waals surface area contributed by atoms with Crippen LogP contribution in [-0.4, -0.2) is 5.24 Å². The summed E-state index contributed by atoms with van der Waals surface area (Å²) < 4.78 is 0. The molecule has 0 aromatic heterocycles. The Hall–Kier alpha value is -0.300. The monoisotopic (exact) mass is 314 g/mol. The summed E-state index contributed by atoms with van der Waals surface area (Å²) in [5.74, 6) is 0. The fraction of sp³-hybridized carbons (Fsp3) is 0.842. The zero-order valence-electron chi connectivity index (χ0n) is 14.0. The van der Waals surface area contributed by atoms with Gasteiger partial charge in [-0.25, -0.2) is 0 Å². The van der Waals surface area contributed by atoms with Gasteiger partial charge in [0.1, 0.15) is 0 Å². The second-order valence-electron chi connectivity index (χ2n) is 6.09. The Labute approximate surface area is 137 Å². The number of hydrogen-bond donors (Lipinski definition) is 0. The molecule has 0 bridgehead atoms. The highest BCUT2D eigenvalue weighted by Gasteiger charge is 1.93. The average molecular weight is 315 g/mol. The van der Waals surface area contributed by atoms with Crippen LogP contribution in [0.5, 0.6) is 0 Å². The molecule has 0 saturated carbocycles. The fourth-order valence-electron chi connectivity index (χ4n) is 2.63. The Bertz CT molecular complexity index is 248. The number of unbranched alkanes of at least 4 members (excludes halogenated alkanes) is 14. The molecule has 0 N–H and O–H groups in total. The van der Waals surface area contributed by atoms with Crippen LogP contribution in [0, 0.1) is 0 Å². The third-order valence-electron chi connectivity index (χ3n) is 3.97. The number of carbonyl (C=O) groups is 1. The minimum atomic E-state index is -0.361. The van der Waals surface area contributed by atoms with E-state index in [-0.39, 0.29) is 5.24 Å². The highest BCUT2D eigenvalue weighted by atomic mass is 35.5. The van der Waals surface area contributed by atoms with E-state index in [4.69, 9.17) is 11.6 Å². The maximum Gasteiger partial charge on any atom is 0.244 e. The summed E-state index contributed by atoms with van der Waals surface area (Å²) in [6, 6.07) is 0. The van der Waals surface area contributed by atoms with Gasteiger partial charge in [0.05, 0.1) is 0 Å². The van der Waals surface area contributed by atoms with E-state index in [0.717, 1.165) is 6.42 Å². The van der Waals surface area contributed by atoms with Crippen molar-refractivity contribution in [3.8, 4) is 0 Å². The summed E-state index contributed by atoms with van der Waals surface area (Å²) in [5.41, 5.74) is 0. The number of rotatable bonds is 16. The van der Waals surface area contributed by atoms with Crippen molar-refractivity contribution in [2.24, 2.45) is 0 Å². The Morgan fingerprint density at radius 3 is 1.48 bits per heavy atom. The molecule has 0 aliphatic carbocycles. The predicted molar refractivity (Wildman–Crippen MR) is 94.9 cm³/mol. The topological polar surface area (TPSA) is 17.1 Å². The first-order valence-corrected chi connectivity index (χ1v) is 9.51. The number of allylic oxidation sites excluding steroid dienone is 2. The summed E-state index contributed by atoms with van der Waals surface area (Å²) >= 11 is 5.22. The van der Waals surface area contributed by atoms with Crippen LogP contribution in [0.25, 0.3) is 0 Å². The number of hydrogen-bond acceptors (Lipinski definition) is 1. The van der Waals surface area contributed by atoms with Crippen molar-refractivity contribution in [3.05, 3.63) is 12.2 Å². The van der Waals surface area contributed by atoms with Gasteiger partial charge in [-0.15, -0.1) is 0 Å². The molecule has 0 spiro atoms. The molecule has 0 aliphatic heterocycles. The predicted octanol–water partition coefficient (Wildman–Crippen LogP) is 7.18. The molecule has 0 rings (SSSR count). The van der Waals surface area contributed by atoms with E-state index in [2.05, 4.69) is 6.92 Å². The molecule has 0 radical (unpaired) electrons. The third-order valence-corrected chi connectivity index (χ3v) is 4.10. The second kappa shape index (κ2) is 17.8. The van der Waals surface area contributed by atoms with Crippen molar-refractivity contribution < 1.29 is 4.79 Å². The molecule has 0 aromatic carbocycles. The summed E-state index contributed by atoms with van der Waals surface area (Å²) in [6.07, 6.45) is 23.7. The van der Waals surface area contributed by atoms with Crippen molar-refractivity contribution in [1.29, 1.82) is 0 Å². The molecule has 21 heavy (non-hydrogen) atoms. The molecule has 0 aliphatic rings. The standard InChI is InChI=1S/C19H35ClO/c1-2-3-4-5-6-7-8-9-10-11-12-13-14-15-16-17-18-19(20)21/h17-18H,2-16H2,1H3/b18-17+. The van der Waals surface area contributed by atoms with Crippen LogP contribution in [-0.2, 0) is 4.79 Å². The molecule has 124 valence electrons. The zero-order valence-corrected chi connectivity index (χ0v) is 14.8. The van der Waals surface area contributed by atoms with Crippen molar-refractivity contribution >= 4 is 16.8 Å². The lowest BCUT2D eigenvalue weighted by Gasteiger charge is -2.02. The molecule has 0 unspecified atom stereocenters. The fourth-order valence-corrected chi connectivity index (χ4v) is 2.72. The largest absolute Gasteiger partial charge is 0.276 e. The van der Waals surface area contributed by atoms with Gasteiger partial charge in [-0.05, 0) is 30.5 Å². The van der Waals surface area contributed by atoms with Gasteiger partial charge in [-0.2, -0.15) is 0 Å². The van der Waals surface area contributed by atoms with E-state index < -0.39 is 0 Å². The van der Waals surface area contributed by atoms with Crippen LogP contribution in [0.4, 0.5) is 0 Å². The van der Waals surface area contributed by atoms with E-state index in [1.807, 2.05) is 6.08 Å². The van der Waals surface area contributed by atoms with E-state index in [9.17, 15) is 4.79 Å². The Kier molecular flexibility index (Phi) is 17.5. The van der Waals surface area contributed by atoms with E-state index in [1.165, 1.54) is 96.0 Å². The van der Waals surface area contributed by atoms with Gasteiger partial charge in [0.15, 0.2) is 0 Å². The van der Waals surface area contributed by atoms with Crippen LogP contribution in [0.3, 0.4) is 0 Å². The molecule has 0 aromatic rings. The van der Waals surface area contributed by atoms with Gasteiger partial charge in [0.2, 0.25) is 5.24 Å². The molecule has 0 heterocycles. The highest BCUT2D eigenvalue weighted by Crippen LogP contribution is 2.13. The van der Waals surface area contributed by atoms with Crippen molar-refractivity contribution in [3.63, 3.8) is 0 Å². The van der Waals surface area contributed by atoms with E-state index in [0.29, 0.717) is 0 Å². The molecule has 0 fully saturated rings. The maximum absolute atomic E-state index is 10.5. The molecule has 0 amide bonds. The average Bonchev–Trinajstić information content (AvgIpc) is 2.46. The SMILES string of the molecule is CCCCCCCCCCCCCCCC/C=C/C(=O)Cl. The first kappa shape index (κ1) is 20.7. The van der Waals surface area contributed by atoms with Crippen LogP contribution in [0.1, 0.15) is 103 Å². The Balaban J connectivity index is 3.01. The highest BCUT2D eigenvalue weighted by molar-refractivity contribution is 6.66. The lowest BCUT2D eigenvalue weighted by Crippen LogP contribution is -1.83. The summed E-state index contributed by atoms with van der Waals surface area (Å²) in [4.78, 5) is 10.5. The minimum Gasteiger partial charge on any atom is -0.276 e. The minimum absolute atomic E-state index is 0.361. The van der Waals surface area contributed by atoms with Crippen LogP contribution < -0.4 is 0 Å². The van der Waals surface area contributed by atoms with Crippen molar-refractivity contribution in [2.45, 2.75) is 103 Å². The molecular weight excluding hydrogens is 280 g/mol. The molecule has 0 atom stereocenters. The molecule has 0 saturated heterocycles. The normalized spacial score (nSPS) is 11.3. The first-order valence-electron chi connectivity index (χ1n) is 9.13. The summed E-state index contributed by atoms with van der Waals surface area (Å²) in [7, 11) is 0. The van der Waals surface area contributed by atoms with Crippen molar-refractivity contribution in [2.75, 3.05) is 0 Å². The van der Waals surface area contributed by atoms with Crippen LogP contribution in [0.15, 0.2) is 12.2 Å². The summed E-state index contributed by atoms with van der Waals surface area (Å²) in [5, 5.41) is -0.361. The Morgan fingerprint density at radius 2 is 1.10 bits per heavy atom. The van der Waals surface area contributed by atoms with Crippen molar-refractivity contribution in [1.82, 2.24) is 0 Å². The zero-order chi connectivity index (χ0) is 15.6. The molecule has 1 nitrogen and oxygen atoms in total. The van der Waals surface area contributed by atoms with Crippen LogP contribution >= 0.6 is 11.6 Å². The van der Waals surface area contributed by atoms with Gasteiger partial charge >= 0.3 is 0 Å². The first-order chi connectivity index (χ1) is 10.3. The van der Waals surface area contributed by atoms with E-state index >= 15 is 0 Å². The number of carbonyl (C=O) groups excluding carboxylic acids is 1. The van der Waals surface area contributed by atoms with Crippen LogP contribution in [0.2, 0.25) is 0 Å². The van der Waals surface area contributed by atoms with Gasteiger partial charge in [-0.1, -0.05) is 96.5 Å². The lowest BCUT2D eigenvalue weighted by molar-refractivity contribution is -0.107. The second-order valence-corrected chi connectivity index (χ2v) is 6.46. The van der Waals surface area contributed by atoms with Gasteiger partial charge in [0.25, 0.3) is 0 Å².